The molecule has 1 aromatic heterocycles. The number of alkyl halides is 3. The summed E-state index contributed by atoms with van der Waals surface area (Å²) in [6, 6.07) is 5.23. The first-order valence-corrected chi connectivity index (χ1v) is 8.86. The zero-order valence-corrected chi connectivity index (χ0v) is 15.1. The lowest BCUT2D eigenvalue weighted by atomic mass is 10.1. The Balaban J connectivity index is 1.72. The van der Waals surface area contributed by atoms with E-state index in [4.69, 9.17) is 4.74 Å². The van der Waals surface area contributed by atoms with Crippen molar-refractivity contribution in [1.82, 2.24) is 14.5 Å². The number of rotatable bonds is 6. The summed E-state index contributed by atoms with van der Waals surface area (Å²) in [6.45, 7) is 3.24. The van der Waals surface area contributed by atoms with Crippen LogP contribution in [0.25, 0.3) is 0 Å². The molecule has 3 rings (SSSR count). The molecular formula is C19H22F3N3O2. The highest BCUT2D eigenvalue weighted by Gasteiger charge is 2.30. The second kappa shape index (κ2) is 8.12. The second-order valence-corrected chi connectivity index (χ2v) is 6.70. The number of amides is 1. The zero-order chi connectivity index (χ0) is 19.4. The van der Waals surface area contributed by atoms with Crippen LogP contribution in [0.5, 0.6) is 0 Å². The van der Waals surface area contributed by atoms with Crippen molar-refractivity contribution < 1.29 is 22.7 Å². The number of benzene rings is 1. The topological polar surface area (TPSA) is 47.4 Å². The number of hydrogen-bond acceptors (Lipinski definition) is 3. The molecule has 1 aliphatic heterocycles. The van der Waals surface area contributed by atoms with Crippen molar-refractivity contribution in [3.63, 3.8) is 0 Å². The molecule has 0 aliphatic carbocycles. The van der Waals surface area contributed by atoms with Gasteiger partial charge in [0.2, 0.25) is 5.91 Å². The van der Waals surface area contributed by atoms with E-state index in [0.29, 0.717) is 31.1 Å². The first-order chi connectivity index (χ1) is 12.8. The molecule has 1 amide bonds. The van der Waals surface area contributed by atoms with Crippen molar-refractivity contribution in [3.05, 3.63) is 53.6 Å². The highest BCUT2D eigenvalue weighted by atomic mass is 19.4. The van der Waals surface area contributed by atoms with Crippen LogP contribution in [0.2, 0.25) is 0 Å². The molecule has 0 spiro atoms. The van der Waals surface area contributed by atoms with Crippen LogP contribution in [0, 0.1) is 0 Å². The molecule has 5 nitrogen and oxygen atoms in total. The first-order valence-electron chi connectivity index (χ1n) is 8.86. The van der Waals surface area contributed by atoms with E-state index in [9.17, 15) is 18.0 Å². The molecule has 146 valence electrons. The van der Waals surface area contributed by atoms with Gasteiger partial charge in [0, 0.05) is 39.0 Å². The fraction of sp³-hybridized carbons (Fsp3) is 0.474. The van der Waals surface area contributed by atoms with Gasteiger partial charge >= 0.3 is 6.18 Å². The number of aromatic nitrogens is 2. The number of carbonyl (C=O) groups is 1. The van der Waals surface area contributed by atoms with Gasteiger partial charge in [-0.1, -0.05) is 12.1 Å². The Morgan fingerprint density at radius 3 is 2.89 bits per heavy atom. The van der Waals surface area contributed by atoms with E-state index in [1.165, 1.54) is 13.0 Å². The molecule has 1 saturated heterocycles. The predicted octanol–water partition coefficient (Wildman–Crippen LogP) is 3.48. The van der Waals surface area contributed by atoms with Crippen molar-refractivity contribution in [2.24, 2.45) is 0 Å². The summed E-state index contributed by atoms with van der Waals surface area (Å²) >= 11 is 0. The molecule has 27 heavy (non-hydrogen) atoms. The average Bonchev–Trinajstić information content (AvgIpc) is 3.26. The second-order valence-electron chi connectivity index (χ2n) is 6.70. The highest BCUT2D eigenvalue weighted by molar-refractivity contribution is 5.73. The van der Waals surface area contributed by atoms with Crippen molar-refractivity contribution >= 4 is 5.91 Å². The van der Waals surface area contributed by atoms with Crippen LogP contribution in [-0.2, 0) is 28.8 Å². The van der Waals surface area contributed by atoms with E-state index in [0.717, 1.165) is 25.0 Å². The van der Waals surface area contributed by atoms with Crippen LogP contribution in [0.15, 0.2) is 36.7 Å². The van der Waals surface area contributed by atoms with E-state index in [1.807, 2.05) is 0 Å². The normalized spacial score (nSPS) is 17.3. The summed E-state index contributed by atoms with van der Waals surface area (Å²) in [5.41, 5.74) is -0.150. The van der Waals surface area contributed by atoms with Gasteiger partial charge in [-0.25, -0.2) is 4.98 Å². The molecule has 1 atom stereocenters. The Bertz CT molecular complexity index is 783. The largest absolute Gasteiger partial charge is 0.416 e. The van der Waals surface area contributed by atoms with E-state index in [2.05, 4.69) is 4.98 Å². The summed E-state index contributed by atoms with van der Waals surface area (Å²) in [5.74, 6) is 0.541. The maximum atomic E-state index is 12.9. The molecule has 0 radical (unpaired) electrons. The molecule has 0 saturated carbocycles. The standard InChI is InChI=1S/C19H22F3N3O2/c1-14(26)25(12-17-6-3-9-27-17)13-18-23-7-8-24(18)11-15-4-2-5-16(10-15)19(20,21)22/h2,4-5,7-8,10,17H,3,6,9,11-13H2,1H3/t17-/m0/s1. The summed E-state index contributed by atoms with van der Waals surface area (Å²) in [7, 11) is 0. The molecule has 0 N–H and O–H groups in total. The quantitative estimate of drug-likeness (QED) is 0.770. The number of hydrogen-bond donors (Lipinski definition) is 0. The lowest BCUT2D eigenvalue weighted by Crippen LogP contribution is -2.36. The van der Waals surface area contributed by atoms with E-state index in [-0.39, 0.29) is 18.6 Å². The summed E-state index contributed by atoms with van der Waals surface area (Å²) in [4.78, 5) is 17.9. The monoisotopic (exact) mass is 381 g/mol. The van der Waals surface area contributed by atoms with Crippen LogP contribution in [0.4, 0.5) is 13.2 Å². The Kier molecular flexibility index (Phi) is 5.84. The molecule has 1 aliphatic rings. The van der Waals surface area contributed by atoms with Crippen LogP contribution in [0.3, 0.4) is 0 Å². The zero-order valence-electron chi connectivity index (χ0n) is 15.1. The number of halogens is 3. The third-order valence-electron chi connectivity index (χ3n) is 4.63. The van der Waals surface area contributed by atoms with Gasteiger partial charge in [-0.15, -0.1) is 0 Å². The van der Waals surface area contributed by atoms with E-state index in [1.54, 1.807) is 27.9 Å². The number of imidazole rings is 1. The van der Waals surface area contributed by atoms with Crippen molar-refractivity contribution in [2.45, 2.75) is 45.1 Å². The van der Waals surface area contributed by atoms with Gasteiger partial charge in [0.25, 0.3) is 0 Å². The molecule has 8 heteroatoms. The maximum absolute atomic E-state index is 12.9. The van der Waals surface area contributed by atoms with Gasteiger partial charge < -0.3 is 14.2 Å². The molecule has 2 aromatic rings. The van der Waals surface area contributed by atoms with Gasteiger partial charge in [-0.2, -0.15) is 13.2 Å². The van der Waals surface area contributed by atoms with Crippen molar-refractivity contribution in [2.75, 3.05) is 13.2 Å². The number of nitrogens with zero attached hydrogens (tertiary/aromatic N) is 3. The fourth-order valence-corrected chi connectivity index (χ4v) is 3.19. The van der Waals surface area contributed by atoms with Gasteiger partial charge in [0.05, 0.1) is 18.2 Å². The number of ether oxygens (including phenoxy) is 1. The van der Waals surface area contributed by atoms with Crippen molar-refractivity contribution in [3.8, 4) is 0 Å². The molecule has 0 unspecified atom stereocenters. The van der Waals surface area contributed by atoms with Gasteiger partial charge in [-0.05, 0) is 30.5 Å². The third-order valence-corrected chi connectivity index (χ3v) is 4.63. The summed E-state index contributed by atoms with van der Waals surface area (Å²) < 4.78 is 46.1. The molecule has 1 fully saturated rings. The van der Waals surface area contributed by atoms with Gasteiger partial charge in [0.1, 0.15) is 5.82 Å². The number of carbonyl (C=O) groups excluding carboxylic acids is 1. The Labute approximate surface area is 155 Å². The van der Waals surface area contributed by atoms with Crippen LogP contribution in [0.1, 0.15) is 36.7 Å². The molecular weight excluding hydrogens is 359 g/mol. The average molecular weight is 381 g/mol. The minimum Gasteiger partial charge on any atom is -0.376 e. The van der Waals surface area contributed by atoms with Gasteiger partial charge in [-0.3, -0.25) is 4.79 Å². The van der Waals surface area contributed by atoms with Crippen LogP contribution in [-0.4, -0.2) is 39.6 Å². The minimum absolute atomic E-state index is 0.0285. The lowest BCUT2D eigenvalue weighted by molar-refractivity contribution is -0.137. The smallest absolute Gasteiger partial charge is 0.376 e. The SMILES string of the molecule is CC(=O)N(Cc1nccn1Cc1cccc(C(F)(F)F)c1)C[C@@H]1CCCO1. The van der Waals surface area contributed by atoms with Gasteiger partial charge in [0.15, 0.2) is 0 Å². The van der Waals surface area contributed by atoms with Crippen LogP contribution < -0.4 is 0 Å². The third kappa shape index (κ3) is 5.09. The molecule has 1 aromatic carbocycles. The first kappa shape index (κ1) is 19.4. The molecule has 2 heterocycles. The fourth-order valence-electron chi connectivity index (χ4n) is 3.19. The lowest BCUT2D eigenvalue weighted by Gasteiger charge is -2.24. The van der Waals surface area contributed by atoms with E-state index >= 15 is 0 Å². The van der Waals surface area contributed by atoms with Crippen LogP contribution >= 0.6 is 0 Å². The Morgan fingerprint density at radius 2 is 2.22 bits per heavy atom. The summed E-state index contributed by atoms with van der Waals surface area (Å²) in [6.07, 6.45) is 0.859. The highest BCUT2D eigenvalue weighted by Crippen LogP contribution is 2.29. The predicted molar refractivity (Wildman–Crippen MR) is 92.8 cm³/mol. The van der Waals surface area contributed by atoms with Crippen molar-refractivity contribution in [1.29, 1.82) is 0 Å². The maximum Gasteiger partial charge on any atom is 0.416 e. The minimum atomic E-state index is -4.37. The summed E-state index contributed by atoms with van der Waals surface area (Å²) in [5, 5.41) is 0. The van der Waals surface area contributed by atoms with E-state index < -0.39 is 11.7 Å². The Morgan fingerprint density at radius 1 is 1.41 bits per heavy atom. The Hall–Kier alpha value is -2.35. The molecule has 0 bridgehead atoms.